The highest BCUT2D eigenvalue weighted by atomic mass is 127. The molecule has 122 valence electrons. The van der Waals surface area contributed by atoms with Crippen molar-refractivity contribution in [1.29, 1.82) is 0 Å². The van der Waals surface area contributed by atoms with Crippen molar-refractivity contribution < 1.29 is 0 Å². The molecule has 3 unspecified atom stereocenters. The van der Waals surface area contributed by atoms with Crippen LogP contribution in [0.1, 0.15) is 32.1 Å². The quantitative estimate of drug-likeness (QED) is 0.434. The predicted octanol–water partition coefficient (Wildman–Crippen LogP) is 2.25. The smallest absolute Gasteiger partial charge is 0.193 e. The van der Waals surface area contributed by atoms with Crippen LogP contribution in [0, 0.1) is 17.8 Å². The van der Waals surface area contributed by atoms with Gasteiger partial charge in [-0.25, -0.2) is 0 Å². The molecule has 1 saturated carbocycles. The van der Waals surface area contributed by atoms with Gasteiger partial charge in [0.05, 0.1) is 0 Å². The zero-order valence-electron chi connectivity index (χ0n) is 13.6. The van der Waals surface area contributed by atoms with E-state index in [0.29, 0.717) is 0 Å². The molecule has 0 aromatic rings. The van der Waals surface area contributed by atoms with E-state index in [2.05, 4.69) is 27.2 Å². The molecule has 5 heteroatoms. The maximum Gasteiger partial charge on any atom is 0.193 e. The van der Waals surface area contributed by atoms with Crippen LogP contribution in [-0.4, -0.2) is 62.6 Å². The molecule has 3 fully saturated rings. The molecule has 0 radical (unpaired) electrons. The molecule has 1 N–H and O–H groups in total. The lowest BCUT2D eigenvalue weighted by molar-refractivity contribution is 0.299. The van der Waals surface area contributed by atoms with Gasteiger partial charge in [-0.15, -0.1) is 24.0 Å². The Bertz CT molecular complexity index is 346. The first-order chi connectivity index (χ1) is 9.76. The highest BCUT2D eigenvalue weighted by Crippen LogP contribution is 2.35. The first kappa shape index (κ1) is 17.3. The van der Waals surface area contributed by atoms with Gasteiger partial charge in [0.2, 0.25) is 0 Å². The van der Waals surface area contributed by atoms with Crippen molar-refractivity contribution in [3.05, 3.63) is 0 Å². The van der Waals surface area contributed by atoms with Gasteiger partial charge in [-0.1, -0.05) is 12.8 Å². The van der Waals surface area contributed by atoms with Gasteiger partial charge in [-0.05, 0) is 50.6 Å². The molecule has 3 rings (SSSR count). The van der Waals surface area contributed by atoms with Crippen LogP contribution < -0.4 is 5.32 Å². The number of aliphatic imine (C=N–C) groups is 1. The van der Waals surface area contributed by atoms with Crippen molar-refractivity contribution in [2.75, 3.05) is 46.8 Å². The van der Waals surface area contributed by atoms with Crippen LogP contribution in [0.2, 0.25) is 0 Å². The number of rotatable bonds is 2. The van der Waals surface area contributed by atoms with Crippen molar-refractivity contribution in [2.24, 2.45) is 22.7 Å². The monoisotopic (exact) mass is 406 g/mol. The normalized spacial score (nSPS) is 33.7. The Kier molecular flexibility index (Phi) is 6.59. The molecule has 0 spiro atoms. The third-order valence-corrected chi connectivity index (χ3v) is 5.53. The summed E-state index contributed by atoms with van der Waals surface area (Å²) in [6, 6.07) is 0. The highest BCUT2D eigenvalue weighted by Gasteiger charge is 2.35. The van der Waals surface area contributed by atoms with Gasteiger partial charge >= 0.3 is 0 Å². The minimum absolute atomic E-state index is 0. The maximum absolute atomic E-state index is 4.53. The summed E-state index contributed by atoms with van der Waals surface area (Å²) in [6.07, 6.45) is 7.08. The molecule has 0 bridgehead atoms. The second-order valence-electron chi connectivity index (χ2n) is 7.05. The zero-order chi connectivity index (χ0) is 13.9. The summed E-state index contributed by atoms with van der Waals surface area (Å²) in [5, 5.41) is 3.63. The number of likely N-dealkylation sites (tertiary alicyclic amines) is 2. The number of hydrogen-bond donors (Lipinski definition) is 1. The number of hydrogen-bond acceptors (Lipinski definition) is 2. The second kappa shape index (κ2) is 7.99. The van der Waals surface area contributed by atoms with Crippen molar-refractivity contribution in [2.45, 2.75) is 32.1 Å². The molecule has 2 aliphatic heterocycles. The van der Waals surface area contributed by atoms with E-state index in [4.69, 9.17) is 0 Å². The fourth-order valence-corrected chi connectivity index (χ4v) is 4.34. The summed E-state index contributed by atoms with van der Waals surface area (Å²) < 4.78 is 0. The van der Waals surface area contributed by atoms with E-state index in [-0.39, 0.29) is 24.0 Å². The summed E-state index contributed by atoms with van der Waals surface area (Å²) in [6.45, 7) is 6.03. The Labute approximate surface area is 146 Å². The number of nitrogens with zero attached hydrogens (tertiary/aromatic N) is 3. The Hall–Kier alpha value is -0.0400. The largest absolute Gasteiger partial charge is 0.356 e. The first-order valence-electron chi connectivity index (χ1n) is 8.40. The molecule has 2 saturated heterocycles. The number of halogens is 1. The second-order valence-corrected chi connectivity index (χ2v) is 7.05. The Balaban J connectivity index is 0.00000161. The minimum Gasteiger partial charge on any atom is -0.356 e. The van der Waals surface area contributed by atoms with Crippen LogP contribution in [0.25, 0.3) is 0 Å². The molecule has 21 heavy (non-hydrogen) atoms. The molecule has 0 amide bonds. The van der Waals surface area contributed by atoms with Gasteiger partial charge in [0.25, 0.3) is 0 Å². The molecule has 3 aliphatic rings. The third kappa shape index (κ3) is 4.24. The van der Waals surface area contributed by atoms with E-state index >= 15 is 0 Å². The van der Waals surface area contributed by atoms with Crippen LogP contribution in [0.4, 0.5) is 0 Å². The number of guanidine groups is 1. The summed E-state index contributed by atoms with van der Waals surface area (Å²) in [5.74, 6) is 3.80. The minimum atomic E-state index is 0. The van der Waals surface area contributed by atoms with Gasteiger partial charge in [-0.3, -0.25) is 4.99 Å². The molecule has 1 aliphatic carbocycles. The lowest BCUT2D eigenvalue weighted by atomic mass is 9.82. The fourth-order valence-electron chi connectivity index (χ4n) is 4.34. The van der Waals surface area contributed by atoms with Crippen LogP contribution in [0.5, 0.6) is 0 Å². The molecule has 4 nitrogen and oxygen atoms in total. The van der Waals surface area contributed by atoms with Crippen molar-refractivity contribution in [1.82, 2.24) is 15.1 Å². The van der Waals surface area contributed by atoms with Gasteiger partial charge in [0.1, 0.15) is 0 Å². The molecule has 3 atom stereocenters. The van der Waals surface area contributed by atoms with Crippen molar-refractivity contribution in [3.63, 3.8) is 0 Å². The molecular formula is C16H31IN4. The average molecular weight is 406 g/mol. The van der Waals surface area contributed by atoms with Crippen molar-refractivity contribution in [3.8, 4) is 0 Å². The first-order valence-corrected chi connectivity index (χ1v) is 8.40. The maximum atomic E-state index is 4.53. The standard InChI is InChI=1S/C16H30N4.HI/c1-17-16(18-9-13-7-8-19(2)10-13)20-11-14-5-3-4-6-15(14)12-20;/h13-15H,3-12H2,1-2H3,(H,17,18);1H. The summed E-state index contributed by atoms with van der Waals surface area (Å²) in [5.41, 5.74) is 0. The topological polar surface area (TPSA) is 30.9 Å². The summed E-state index contributed by atoms with van der Waals surface area (Å²) in [7, 11) is 4.16. The predicted molar refractivity (Wildman–Crippen MR) is 99.4 cm³/mol. The van der Waals surface area contributed by atoms with Crippen LogP contribution in [0.3, 0.4) is 0 Å². The third-order valence-electron chi connectivity index (χ3n) is 5.53. The molecular weight excluding hydrogens is 375 g/mol. The molecule has 2 heterocycles. The van der Waals surface area contributed by atoms with E-state index in [1.807, 2.05) is 7.05 Å². The Morgan fingerprint density at radius 2 is 1.76 bits per heavy atom. The average Bonchev–Trinajstić information content (AvgIpc) is 3.05. The van der Waals surface area contributed by atoms with E-state index in [9.17, 15) is 0 Å². The van der Waals surface area contributed by atoms with Crippen LogP contribution >= 0.6 is 24.0 Å². The number of fused-ring (bicyclic) bond motifs is 1. The van der Waals surface area contributed by atoms with Crippen LogP contribution in [0.15, 0.2) is 4.99 Å². The summed E-state index contributed by atoms with van der Waals surface area (Å²) in [4.78, 5) is 9.47. The van der Waals surface area contributed by atoms with Crippen LogP contribution in [-0.2, 0) is 0 Å². The highest BCUT2D eigenvalue weighted by molar-refractivity contribution is 14.0. The Morgan fingerprint density at radius 3 is 2.29 bits per heavy atom. The van der Waals surface area contributed by atoms with Gasteiger partial charge in [0.15, 0.2) is 5.96 Å². The van der Waals surface area contributed by atoms with Gasteiger partial charge < -0.3 is 15.1 Å². The lowest BCUT2D eigenvalue weighted by Crippen LogP contribution is -2.42. The van der Waals surface area contributed by atoms with E-state index in [1.54, 1.807) is 0 Å². The van der Waals surface area contributed by atoms with Crippen molar-refractivity contribution >= 4 is 29.9 Å². The van der Waals surface area contributed by atoms with E-state index < -0.39 is 0 Å². The molecule has 0 aromatic heterocycles. The van der Waals surface area contributed by atoms with E-state index in [0.717, 1.165) is 30.3 Å². The SMILES string of the molecule is CN=C(NCC1CCN(C)C1)N1CC2CCCCC2C1.I. The zero-order valence-corrected chi connectivity index (χ0v) is 15.9. The van der Waals surface area contributed by atoms with E-state index in [1.165, 1.54) is 58.3 Å². The number of nitrogens with one attached hydrogen (secondary N) is 1. The van der Waals surface area contributed by atoms with Gasteiger partial charge in [0, 0.05) is 33.2 Å². The fraction of sp³-hybridized carbons (Fsp3) is 0.938. The van der Waals surface area contributed by atoms with Gasteiger partial charge in [-0.2, -0.15) is 0 Å². The summed E-state index contributed by atoms with van der Waals surface area (Å²) >= 11 is 0. The molecule has 0 aromatic carbocycles. The lowest BCUT2D eigenvalue weighted by Gasteiger charge is -2.23. The Morgan fingerprint density at radius 1 is 1.10 bits per heavy atom.